The van der Waals surface area contributed by atoms with Gasteiger partial charge in [-0.2, -0.15) is 5.26 Å². The van der Waals surface area contributed by atoms with Gasteiger partial charge in [-0.05, 0) is 17.8 Å². The Balaban J connectivity index is 2.31. The zero-order chi connectivity index (χ0) is 11.5. The number of hydrogen-bond donors (Lipinski definition) is 1. The molecule has 0 atom stereocenters. The van der Waals surface area contributed by atoms with Crippen LogP contribution in [0.5, 0.6) is 0 Å². The van der Waals surface area contributed by atoms with Gasteiger partial charge in [-0.1, -0.05) is 0 Å². The maximum atomic E-state index is 8.90. The van der Waals surface area contributed by atoms with E-state index in [1.807, 2.05) is 6.07 Å². The number of nitrogen functional groups attached to an aromatic ring is 1. The summed E-state index contributed by atoms with van der Waals surface area (Å²) in [5.74, 6) is 0.469. The maximum Gasteiger partial charge on any atom is 0.282 e. The Morgan fingerprint density at radius 1 is 1.50 bits per heavy atom. The van der Waals surface area contributed by atoms with E-state index in [1.165, 1.54) is 6.20 Å². The molecule has 0 saturated heterocycles. The highest BCUT2D eigenvalue weighted by molar-refractivity contribution is 7.99. The minimum absolute atomic E-state index is 0.353. The summed E-state index contributed by atoms with van der Waals surface area (Å²) in [6.45, 7) is 1.69. The normalized spacial score (nSPS) is 10.0. The first-order chi connectivity index (χ1) is 7.69. The molecule has 7 heteroatoms. The SMILES string of the molecule is Cc1nnc(Sc2ncc(N)cc2C#N)o1. The van der Waals surface area contributed by atoms with Crippen molar-refractivity contribution < 1.29 is 4.42 Å². The van der Waals surface area contributed by atoms with Gasteiger partial charge >= 0.3 is 0 Å². The summed E-state index contributed by atoms with van der Waals surface area (Å²) < 4.78 is 5.18. The lowest BCUT2D eigenvalue weighted by Gasteiger charge is -1.99. The molecule has 16 heavy (non-hydrogen) atoms. The van der Waals surface area contributed by atoms with Crippen LogP contribution in [-0.2, 0) is 0 Å². The topological polar surface area (TPSA) is 102 Å². The average Bonchev–Trinajstić information content (AvgIpc) is 2.67. The fourth-order valence-electron chi connectivity index (χ4n) is 1.03. The molecule has 0 unspecified atom stereocenters. The van der Waals surface area contributed by atoms with E-state index in [9.17, 15) is 0 Å². The van der Waals surface area contributed by atoms with Crippen LogP contribution in [0.2, 0.25) is 0 Å². The van der Waals surface area contributed by atoms with E-state index in [0.717, 1.165) is 11.8 Å². The van der Waals surface area contributed by atoms with Crippen LogP contribution < -0.4 is 5.73 Å². The van der Waals surface area contributed by atoms with Gasteiger partial charge in [0.25, 0.3) is 5.22 Å². The number of nitrogens with zero attached hydrogens (tertiary/aromatic N) is 4. The molecule has 0 amide bonds. The van der Waals surface area contributed by atoms with E-state index in [-0.39, 0.29) is 0 Å². The van der Waals surface area contributed by atoms with E-state index >= 15 is 0 Å². The van der Waals surface area contributed by atoms with Gasteiger partial charge in [0.2, 0.25) is 5.89 Å². The Labute approximate surface area is 95.5 Å². The van der Waals surface area contributed by atoms with Crippen LogP contribution in [-0.4, -0.2) is 15.2 Å². The minimum Gasteiger partial charge on any atom is -0.416 e. The third kappa shape index (κ3) is 2.12. The van der Waals surface area contributed by atoms with Crippen molar-refractivity contribution in [3.05, 3.63) is 23.7 Å². The predicted molar refractivity (Wildman–Crippen MR) is 56.5 cm³/mol. The standard InChI is InChI=1S/C9H7N5OS/c1-5-13-14-9(15-5)16-8-6(3-10)2-7(11)4-12-8/h2,4H,11H2,1H3. The summed E-state index contributed by atoms with van der Waals surface area (Å²) in [5, 5.41) is 17.2. The molecule has 0 aliphatic heterocycles. The summed E-state index contributed by atoms with van der Waals surface area (Å²) in [5.41, 5.74) is 6.36. The molecule has 2 aromatic rings. The van der Waals surface area contributed by atoms with E-state index in [0.29, 0.717) is 27.4 Å². The van der Waals surface area contributed by atoms with Crippen molar-refractivity contribution in [2.75, 3.05) is 5.73 Å². The predicted octanol–water partition coefficient (Wildman–Crippen LogP) is 1.38. The van der Waals surface area contributed by atoms with E-state index in [4.69, 9.17) is 15.4 Å². The lowest BCUT2D eigenvalue weighted by molar-refractivity contribution is 0.429. The highest BCUT2D eigenvalue weighted by Gasteiger charge is 2.10. The van der Waals surface area contributed by atoms with Gasteiger partial charge in [-0.15, -0.1) is 10.2 Å². The molecule has 80 valence electrons. The van der Waals surface area contributed by atoms with E-state index in [1.54, 1.807) is 13.0 Å². The first-order valence-corrected chi connectivity index (χ1v) is 5.14. The van der Waals surface area contributed by atoms with Gasteiger partial charge in [0.05, 0.1) is 17.4 Å². The molecule has 6 nitrogen and oxygen atoms in total. The Kier molecular flexibility index (Phi) is 2.74. The average molecular weight is 233 g/mol. The molecule has 2 aromatic heterocycles. The van der Waals surface area contributed by atoms with Crippen LogP contribution in [0.15, 0.2) is 26.9 Å². The van der Waals surface area contributed by atoms with Gasteiger partial charge in [0.1, 0.15) is 11.1 Å². The van der Waals surface area contributed by atoms with Gasteiger partial charge in [-0.25, -0.2) is 4.98 Å². The monoisotopic (exact) mass is 233 g/mol. The molecular weight excluding hydrogens is 226 g/mol. The molecule has 2 N–H and O–H groups in total. The summed E-state index contributed by atoms with van der Waals surface area (Å²) in [4.78, 5) is 4.04. The molecule has 0 bridgehead atoms. The smallest absolute Gasteiger partial charge is 0.282 e. The molecule has 0 spiro atoms. The molecule has 0 aliphatic carbocycles. The van der Waals surface area contributed by atoms with Crippen LogP contribution in [0.3, 0.4) is 0 Å². The highest BCUT2D eigenvalue weighted by atomic mass is 32.2. The third-order valence-corrected chi connectivity index (χ3v) is 2.54. The molecule has 2 heterocycles. The van der Waals surface area contributed by atoms with Crippen molar-refractivity contribution >= 4 is 17.4 Å². The summed E-state index contributed by atoms with van der Waals surface area (Å²) in [6, 6.07) is 3.56. The second kappa shape index (κ2) is 4.20. The van der Waals surface area contributed by atoms with Crippen molar-refractivity contribution in [1.29, 1.82) is 5.26 Å². The molecular formula is C9H7N5OS. The van der Waals surface area contributed by atoms with Crippen molar-refractivity contribution in [3.8, 4) is 6.07 Å². The number of pyridine rings is 1. The summed E-state index contributed by atoms with van der Waals surface area (Å²) >= 11 is 1.14. The zero-order valence-corrected chi connectivity index (χ0v) is 9.15. The highest BCUT2D eigenvalue weighted by Crippen LogP contribution is 2.27. The number of aromatic nitrogens is 3. The summed E-state index contributed by atoms with van der Waals surface area (Å²) in [7, 11) is 0. The largest absolute Gasteiger partial charge is 0.416 e. The number of rotatable bonds is 2. The lowest BCUT2D eigenvalue weighted by atomic mass is 10.3. The fourth-order valence-corrected chi connectivity index (χ4v) is 1.76. The molecule has 0 aromatic carbocycles. The molecule has 0 saturated carbocycles. The number of nitriles is 1. The Morgan fingerprint density at radius 2 is 2.31 bits per heavy atom. The first-order valence-electron chi connectivity index (χ1n) is 4.32. The van der Waals surface area contributed by atoms with Crippen LogP contribution in [0.25, 0.3) is 0 Å². The van der Waals surface area contributed by atoms with Gasteiger partial charge < -0.3 is 10.2 Å². The van der Waals surface area contributed by atoms with E-state index < -0.39 is 0 Å². The Bertz CT molecular complexity index is 559. The van der Waals surface area contributed by atoms with Crippen molar-refractivity contribution in [1.82, 2.24) is 15.2 Å². The van der Waals surface area contributed by atoms with Crippen molar-refractivity contribution in [2.24, 2.45) is 0 Å². The molecule has 0 radical (unpaired) electrons. The second-order valence-electron chi connectivity index (χ2n) is 2.92. The zero-order valence-electron chi connectivity index (χ0n) is 8.34. The minimum atomic E-state index is 0.353. The van der Waals surface area contributed by atoms with Gasteiger partial charge in [-0.3, -0.25) is 0 Å². The summed E-state index contributed by atoms with van der Waals surface area (Å²) in [6.07, 6.45) is 1.48. The second-order valence-corrected chi connectivity index (χ2v) is 3.86. The molecule has 0 aliphatic rings. The van der Waals surface area contributed by atoms with Crippen molar-refractivity contribution in [2.45, 2.75) is 17.2 Å². The van der Waals surface area contributed by atoms with Gasteiger partial charge in [0, 0.05) is 6.92 Å². The lowest BCUT2D eigenvalue weighted by Crippen LogP contribution is -1.91. The Morgan fingerprint density at radius 3 is 2.94 bits per heavy atom. The Hall–Kier alpha value is -2.07. The number of hydrogen-bond acceptors (Lipinski definition) is 7. The first kappa shape index (κ1) is 10.4. The van der Waals surface area contributed by atoms with Crippen LogP contribution in [0, 0.1) is 18.3 Å². The van der Waals surface area contributed by atoms with Gasteiger partial charge in [0.15, 0.2) is 0 Å². The number of nitrogens with two attached hydrogens (primary N) is 1. The van der Waals surface area contributed by atoms with Crippen LogP contribution in [0.4, 0.5) is 5.69 Å². The fraction of sp³-hybridized carbons (Fsp3) is 0.111. The van der Waals surface area contributed by atoms with E-state index in [2.05, 4.69) is 15.2 Å². The third-order valence-electron chi connectivity index (χ3n) is 1.68. The molecule has 0 fully saturated rings. The van der Waals surface area contributed by atoms with Crippen LogP contribution in [0.1, 0.15) is 11.5 Å². The number of aryl methyl sites for hydroxylation is 1. The van der Waals surface area contributed by atoms with Crippen LogP contribution >= 0.6 is 11.8 Å². The maximum absolute atomic E-state index is 8.90. The molecule has 2 rings (SSSR count). The quantitative estimate of drug-likeness (QED) is 0.835. The number of anilines is 1. The van der Waals surface area contributed by atoms with Crippen molar-refractivity contribution in [3.63, 3.8) is 0 Å².